The van der Waals surface area contributed by atoms with Crippen LogP contribution in [0, 0.1) is 0 Å². The number of nitrogens with one attached hydrogen (secondary N) is 1. The van der Waals surface area contributed by atoms with Gasteiger partial charge in [0.05, 0.1) is 47.8 Å². The average Bonchev–Trinajstić information content (AvgIpc) is 3.56. The molecule has 0 saturated heterocycles. The van der Waals surface area contributed by atoms with Gasteiger partial charge in [-0.15, -0.1) is 11.3 Å². The summed E-state index contributed by atoms with van der Waals surface area (Å²) < 4.78 is 51.7. The first kappa shape index (κ1) is 21.0. The first-order valence-corrected chi connectivity index (χ1v) is 10.6. The maximum atomic E-state index is 13.2. The highest BCUT2D eigenvalue weighted by atomic mass is 32.1. The summed E-state index contributed by atoms with van der Waals surface area (Å²) in [5.74, 6) is 0.880. The molecule has 0 aliphatic carbocycles. The lowest BCUT2D eigenvalue weighted by Crippen LogP contribution is -2.18. The number of carbonyl (C=O) groups is 1. The molecule has 0 radical (unpaired) electrons. The lowest BCUT2D eigenvalue weighted by molar-refractivity contribution is -0.137. The van der Waals surface area contributed by atoms with Gasteiger partial charge in [0.2, 0.25) is 11.9 Å². The van der Waals surface area contributed by atoms with Crippen molar-refractivity contribution in [1.29, 1.82) is 0 Å². The molecule has 168 valence electrons. The SMILES string of the molecule is O=C(Cc1csc(-c2ccco2)n1)Nc1nc2cc(C(F)(F)F)ccc2n1Cc1ccco1. The zero-order chi connectivity index (χ0) is 23.0. The van der Waals surface area contributed by atoms with E-state index in [-0.39, 0.29) is 24.4 Å². The van der Waals surface area contributed by atoms with Gasteiger partial charge in [0.15, 0.2) is 10.8 Å². The molecule has 11 heteroatoms. The van der Waals surface area contributed by atoms with Crippen LogP contribution in [0.3, 0.4) is 0 Å². The average molecular weight is 472 g/mol. The topological polar surface area (TPSA) is 86.1 Å². The van der Waals surface area contributed by atoms with Gasteiger partial charge < -0.3 is 13.4 Å². The first-order valence-electron chi connectivity index (χ1n) is 9.75. The van der Waals surface area contributed by atoms with Crippen molar-refractivity contribution >= 4 is 34.2 Å². The van der Waals surface area contributed by atoms with Crippen molar-refractivity contribution in [3.05, 3.63) is 77.4 Å². The summed E-state index contributed by atoms with van der Waals surface area (Å²) in [4.78, 5) is 21.4. The van der Waals surface area contributed by atoms with Gasteiger partial charge >= 0.3 is 6.18 Å². The molecule has 0 bridgehead atoms. The van der Waals surface area contributed by atoms with Gasteiger partial charge in [-0.3, -0.25) is 10.1 Å². The summed E-state index contributed by atoms with van der Waals surface area (Å²) in [5.41, 5.74) is 0.268. The number of nitrogens with zero attached hydrogens (tertiary/aromatic N) is 3. The van der Waals surface area contributed by atoms with Crippen LogP contribution in [0.5, 0.6) is 0 Å². The molecule has 5 rings (SSSR count). The number of hydrogen-bond donors (Lipinski definition) is 1. The van der Waals surface area contributed by atoms with Gasteiger partial charge in [-0.1, -0.05) is 0 Å². The fourth-order valence-corrected chi connectivity index (χ4v) is 4.14. The largest absolute Gasteiger partial charge is 0.467 e. The Balaban J connectivity index is 1.42. The lowest BCUT2D eigenvalue weighted by Gasteiger charge is -2.09. The summed E-state index contributed by atoms with van der Waals surface area (Å²) in [7, 11) is 0. The Morgan fingerprint density at radius 2 is 1.91 bits per heavy atom. The standard InChI is InChI=1S/C22H15F3N4O3S/c23-22(24,25)13-5-6-17-16(9-13)27-21(29(17)11-15-3-1-7-31-15)28-19(30)10-14-12-33-20(26-14)18-4-2-8-32-18/h1-9,12H,10-11H2,(H,27,28,30). The second-order valence-electron chi connectivity index (χ2n) is 7.15. The van der Waals surface area contributed by atoms with E-state index < -0.39 is 17.6 Å². The molecule has 0 saturated carbocycles. The number of amides is 1. The third kappa shape index (κ3) is 4.40. The van der Waals surface area contributed by atoms with Gasteiger partial charge in [-0.25, -0.2) is 9.97 Å². The van der Waals surface area contributed by atoms with Gasteiger partial charge in [0, 0.05) is 5.38 Å². The van der Waals surface area contributed by atoms with Crippen LogP contribution in [0.4, 0.5) is 19.1 Å². The summed E-state index contributed by atoms with van der Waals surface area (Å²) in [6.45, 7) is 0.184. The molecular weight excluding hydrogens is 457 g/mol. The summed E-state index contributed by atoms with van der Waals surface area (Å²) >= 11 is 1.34. The molecule has 33 heavy (non-hydrogen) atoms. The predicted molar refractivity (Wildman–Crippen MR) is 115 cm³/mol. The quantitative estimate of drug-likeness (QED) is 0.348. The van der Waals surface area contributed by atoms with Gasteiger partial charge in [0.1, 0.15) is 5.76 Å². The number of thiazole rings is 1. The van der Waals surface area contributed by atoms with E-state index >= 15 is 0 Å². The number of carbonyl (C=O) groups excluding carboxylic acids is 1. The smallest absolute Gasteiger partial charge is 0.416 e. The molecule has 0 aliphatic rings. The van der Waals surface area contributed by atoms with Crippen molar-refractivity contribution in [2.75, 3.05) is 5.32 Å². The Bertz CT molecular complexity index is 1400. The van der Waals surface area contributed by atoms with Crippen molar-refractivity contribution in [3.8, 4) is 10.8 Å². The van der Waals surface area contributed by atoms with Crippen LogP contribution in [0.15, 0.2) is 69.2 Å². The van der Waals surface area contributed by atoms with E-state index in [1.165, 1.54) is 29.9 Å². The molecule has 4 aromatic heterocycles. The first-order chi connectivity index (χ1) is 15.9. The normalized spacial score (nSPS) is 11.8. The van der Waals surface area contributed by atoms with E-state index in [0.717, 1.165) is 12.1 Å². The summed E-state index contributed by atoms with van der Waals surface area (Å²) in [5, 5.41) is 5.09. The highest BCUT2D eigenvalue weighted by Crippen LogP contribution is 2.32. The second-order valence-corrected chi connectivity index (χ2v) is 8.01. The van der Waals surface area contributed by atoms with E-state index in [1.807, 2.05) is 0 Å². The van der Waals surface area contributed by atoms with Gasteiger partial charge in [-0.05, 0) is 42.5 Å². The third-order valence-electron chi connectivity index (χ3n) is 4.85. The molecule has 7 nitrogen and oxygen atoms in total. The number of aromatic nitrogens is 3. The number of hydrogen-bond acceptors (Lipinski definition) is 6. The number of imidazole rings is 1. The molecule has 0 spiro atoms. The van der Waals surface area contributed by atoms with Crippen LogP contribution in [0.25, 0.3) is 21.8 Å². The monoisotopic (exact) mass is 472 g/mol. The van der Waals surface area contributed by atoms with Crippen molar-refractivity contribution in [3.63, 3.8) is 0 Å². The molecule has 4 heterocycles. The zero-order valence-corrected chi connectivity index (χ0v) is 17.6. The number of fused-ring (bicyclic) bond motifs is 1. The van der Waals surface area contributed by atoms with Crippen LogP contribution in [-0.4, -0.2) is 20.4 Å². The van der Waals surface area contributed by atoms with Crippen molar-refractivity contribution < 1.29 is 26.8 Å². The fourth-order valence-electron chi connectivity index (χ4n) is 3.35. The molecule has 0 atom stereocenters. The van der Waals surface area contributed by atoms with E-state index in [9.17, 15) is 18.0 Å². The molecule has 1 amide bonds. The van der Waals surface area contributed by atoms with Crippen molar-refractivity contribution in [1.82, 2.24) is 14.5 Å². The molecule has 0 unspecified atom stereocenters. The van der Waals surface area contributed by atoms with E-state index in [4.69, 9.17) is 8.83 Å². The summed E-state index contributed by atoms with van der Waals surface area (Å²) in [6.07, 6.45) is -1.50. The molecule has 1 N–H and O–H groups in total. The van der Waals surface area contributed by atoms with Crippen molar-refractivity contribution in [2.45, 2.75) is 19.1 Å². The third-order valence-corrected chi connectivity index (χ3v) is 5.75. The maximum absolute atomic E-state index is 13.2. The Morgan fingerprint density at radius 1 is 1.09 bits per heavy atom. The fraction of sp³-hybridized carbons (Fsp3) is 0.136. The predicted octanol–water partition coefficient (Wildman–Crippen LogP) is 5.59. The minimum Gasteiger partial charge on any atom is -0.467 e. The maximum Gasteiger partial charge on any atom is 0.416 e. The number of rotatable bonds is 6. The minimum atomic E-state index is -4.50. The number of anilines is 1. The van der Waals surface area contributed by atoms with E-state index in [2.05, 4.69) is 15.3 Å². The second kappa shape index (κ2) is 8.24. The van der Waals surface area contributed by atoms with Gasteiger partial charge in [0.25, 0.3) is 0 Å². The number of benzene rings is 1. The lowest BCUT2D eigenvalue weighted by atomic mass is 10.2. The zero-order valence-electron chi connectivity index (χ0n) is 16.8. The van der Waals surface area contributed by atoms with E-state index in [0.29, 0.717) is 27.7 Å². The van der Waals surface area contributed by atoms with Crippen LogP contribution in [0.1, 0.15) is 17.0 Å². The molecule has 5 aromatic rings. The number of furan rings is 2. The minimum absolute atomic E-state index is 0.0328. The van der Waals surface area contributed by atoms with Crippen molar-refractivity contribution in [2.24, 2.45) is 0 Å². The Labute approximate surface area is 188 Å². The number of alkyl halides is 3. The van der Waals surface area contributed by atoms with Crippen LogP contribution < -0.4 is 5.32 Å². The Kier molecular flexibility index (Phi) is 5.25. The van der Waals surface area contributed by atoms with Crippen LogP contribution in [0.2, 0.25) is 0 Å². The highest BCUT2D eigenvalue weighted by Gasteiger charge is 2.31. The van der Waals surface area contributed by atoms with Gasteiger partial charge in [-0.2, -0.15) is 13.2 Å². The van der Waals surface area contributed by atoms with E-state index in [1.54, 1.807) is 34.2 Å². The van der Waals surface area contributed by atoms with Crippen LogP contribution >= 0.6 is 11.3 Å². The Morgan fingerprint density at radius 3 is 2.64 bits per heavy atom. The molecule has 0 aliphatic heterocycles. The van der Waals surface area contributed by atoms with Crippen LogP contribution in [-0.2, 0) is 23.9 Å². The highest BCUT2D eigenvalue weighted by molar-refractivity contribution is 7.13. The molecule has 1 aromatic carbocycles. The molecular formula is C22H15F3N4O3S. The summed E-state index contributed by atoms with van der Waals surface area (Å²) in [6, 6.07) is 10.2. The number of halogens is 3. The Hall–Kier alpha value is -3.86. The molecule has 0 fully saturated rings.